The number of phenols is 1. The van der Waals surface area contributed by atoms with Gasteiger partial charge >= 0.3 is 17.9 Å². The van der Waals surface area contributed by atoms with Crippen LogP contribution in [0.25, 0.3) is 0 Å². The third-order valence-electron chi connectivity index (χ3n) is 4.44. The van der Waals surface area contributed by atoms with Crippen LogP contribution in [0.4, 0.5) is 0 Å². The molecule has 0 aliphatic heterocycles. The molecular weight excluding hydrogens is 456 g/mol. The number of carboxylic acid groups (broad SMARTS) is 3. The summed E-state index contributed by atoms with van der Waals surface area (Å²) in [4.78, 5) is 69.3. The van der Waals surface area contributed by atoms with Crippen LogP contribution in [0, 0.1) is 0 Å². The number of nitrogens with one attached hydrogen (secondary N) is 3. The monoisotopic (exact) mass is 482 g/mol. The number of benzene rings is 1. The normalized spacial score (nSPS) is 13.1. The number of aliphatic carboxylic acids is 3. The van der Waals surface area contributed by atoms with Gasteiger partial charge in [-0.1, -0.05) is 12.1 Å². The van der Waals surface area contributed by atoms with Crippen molar-refractivity contribution in [3.63, 3.8) is 0 Å². The van der Waals surface area contributed by atoms with E-state index in [1.54, 1.807) is 12.1 Å². The number of carbonyl (C=O) groups excluding carboxylic acids is 3. The van der Waals surface area contributed by atoms with Crippen LogP contribution >= 0.6 is 0 Å². The van der Waals surface area contributed by atoms with E-state index in [1.807, 2.05) is 5.32 Å². The zero-order valence-corrected chi connectivity index (χ0v) is 17.9. The maximum absolute atomic E-state index is 12.4. The van der Waals surface area contributed by atoms with Crippen molar-refractivity contribution in [1.29, 1.82) is 0 Å². The summed E-state index contributed by atoms with van der Waals surface area (Å²) in [5.74, 6) is -6.96. The molecule has 186 valence electrons. The summed E-state index contributed by atoms with van der Waals surface area (Å²) in [7, 11) is 0. The lowest BCUT2D eigenvalue weighted by Gasteiger charge is -2.20. The van der Waals surface area contributed by atoms with Crippen LogP contribution < -0.4 is 21.7 Å². The van der Waals surface area contributed by atoms with Crippen LogP contribution in [0.1, 0.15) is 24.8 Å². The number of carbonyl (C=O) groups is 6. The molecule has 1 aromatic rings. The number of hydrogen-bond donors (Lipinski definition) is 8. The van der Waals surface area contributed by atoms with Gasteiger partial charge < -0.3 is 42.1 Å². The first-order valence-corrected chi connectivity index (χ1v) is 9.96. The molecule has 0 aliphatic rings. The van der Waals surface area contributed by atoms with Crippen LogP contribution in [-0.2, 0) is 35.2 Å². The van der Waals surface area contributed by atoms with Crippen molar-refractivity contribution in [2.75, 3.05) is 6.54 Å². The van der Waals surface area contributed by atoms with E-state index in [4.69, 9.17) is 21.1 Å². The number of rotatable bonds is 14. The van der Waals surface area contributed by atoms with Gasteiger partial charge in [0.25, 0.3) is 0 Å². The maximum atomic E-state index is 12.4. The summed E-state index contributed by atoms with van der Waals surface area (Å²) in [5, 5.41) is 42.2. The van der Waals surface area contributed by atoms with Gasteiger partial charge in [0.05, 0.1) is 19.0 Å². The minimum absolute atomic E-state index is 0.0221. The molecule has 14 nitrogen and oxygen atoms in total. The minimum atomic E-state index is -1.72. The van der Waals surface area contributed by atoms with Crippen molar-refractivity contribution in [2.24, 2.45) is 5.73 Å². The molecule has 1 rings (SSSR count). The van der Waals surface area contributed by atoms with Gasteiger partial charge in [-0.25, -0.2) is 4.79 Å². The Labute approximate surface area is 193 Å². The highest BCUT2D eigenvalue weighted by Gasteiger charge is 2.26. The molecule has 0 aromatic heterocycles. The lowest BCUT2D eigenvalue weighted by molar-refractivity contribution is -0.147. The molecule has 0 radical (unpaired) electrons. The number of carboxylic acids is 3. The third-order valence-corrected chi connectivity index (χ3v) is 4.44. The molecular formula is C20H26N4O10. The molecule has 0 saturated carbocycles. The molecule has 3 amide bonds. The minimum Gasteiger partial charge on any atom is -0.508 e. The maximum Gasteiger partial charge on any atom is 0.326 e. The highest BCUT2D eigenvalue weighted by Crippen LogP contribution is 2.11. The van der Waals surface area contributed by atoms with Crippen molar-refractivity contribution in [3.8, 4) is 5.75 Å². The highest BCUT2D eigenvalue weighted by atomic mass is 16.4. The van der Waals surface area contributed by atoms with E-state index in [-0.39, 0.29) is 18.6 Å². The average molecular weight is 482 g/mol. The molecule has 14 heteroatoms. The fraction of sp³-hybridized carbons (Fsp3) is 0.400. The van der Waals surface area contributed by atoms with E-state index < -0.39 is 73.1 Å². The summed E-state index contributed by atoms with van der Waals surface area (Å²) in [6.45, 7) is -0.749. The van der Waals surface area contributed by atoms with Crippen LogP contribution in [0.3, 0.4) is 0 Å². The highest BCUT2D eigenvalue weighted by molar-refractivity contribution is 5.93. The topological polar surface area (TPSA) is 245 Å². The van der Waals surface area contributed by atoms with Crippen LogP contribution in [-0.4, -0.2) is 80.7 Å². The number of amides is 3. The number of nitrogens with two attached hydrogens (primary N) is 1. The zero-order valence-electron chi connectivity index (χ0n) is 17.9. The van der Waals surface area contributed by atoms with E-state index in [9.17, 15) is 33.9 Å². The van der Waals surface area contributed by atoms with E-state index in [1.165, 1.54) is 12.1 Å². The van der Waals surface area contributed by atoms with Gasteiger partial charge in [-0.15, -0.1) is 0 Å². The van der Waals surface area contributed by atoms with E-state index in [0.717, 1.165) is 0 Å². The fourth-order valence-electron chi connectivity index (χ4n) is 2.70. The number of phenolic OH excluding ortho intramolecular Hbond substituents is 1. The molecule has 1 aromatic carbocycles. The summed E-state index contributed by atoms with van der Waals surface area (Å²) >= 11 is 0. The lowest BCUT2D eigenvalue weighted by Crippen LogP contribution is -2.54. The second-order valence-corrected chi connectivity index (χ2v) is 7.24. The van der Waals surface area contributed by atoms with Crippen LogP contribution in [0.2, 0.25) is 0 Å². The second kappa shape index (κ2) is 13.4. The Hall–Kier alpha value is -4.20. The van der Waals surface area contributed by atoms with E-state index in [0.29, 0.717) is 5.56 Å². The van der Waals surface area contributed by atoms with Crippen molar-refractivity contribution in [3.05, 3.63) is 29.8 Å². The summed E-state index contributed by atoms with van der Waals surface area (Å²) in [6.07, 6.45) is -1.64. The first kappa shape index (κ1) is 27.8. The first-order chi connectivity index (χ1) is 15.9. The van der Waals surface area contributed by atoms with Crippen LogP contribution in [0.5, 0.6) is 5.75 Å². The molecule has 0 aliphatic carbocycles. The van der Waals surface area contributed by atoms with Gasteiger partial charge in [-0.2, -0.15) is 0 Å². The summed E-state index contributed by atoms with van der Waals surface area (Å²) in [5.41, 5.74) is 6.47. The van der Waals surface area contributed by atoms with Gasteiger partial charge in [0.2, 0.25) is 17.7 Å². The largest absolute Gasteiger partial charge is 0.508 e. The molecule has 0 fully saturated rings. The SMILES string of the molecule is NC(Cc1ccc(O)cc1)C(=O)NC(CCC(=O)O)C(=O)NCC(=O)NC(CC(=O)O)C(=O)O. The quantitative estimate of drug-likeness (QED) is 0.141. The molecule has 0 heterocycles. The van der Waals surface area contributed by atoms with E-state index >= 15 is 0 Å². The average Bonchev–Trinajstić information content (AvgIpc) is 2.75. The van der Waals surface area contributed by atoms with Gasteiger partial charge in [-0.3, -0.25) is 24.0 Å². The molecule has 3 atom stereocenters. The molecule has 9 N–H and O–H groups in total. The predicted molar refractivity (Wildman–Crippen MR) is 113 cm³/mol. The number of aromatic hydroxyl groups is 1. The Balaban J connectivity index is 2.72. The molecule has 0 saturated heterocycles. The van der Waals surface area contributed by atoms with Crippen molar-refractivity contribution in [1.82, 2.24) is 16.0 Å². The summed E-state index contributed by atoms with van der Waals surface area (Å²) < 4.78 is 0. The Morgan fingerprint density at radius 1 is 0.853 bits per heavy atom. The van der Waals surface area contributed by atoms with Crippen LogP contribution in [0.15, 0.2) is 24.3 Å². The van der Waals surface area contributed by atoms with Crippen molar-refractivity contribution >= 4 is 35.6 Å². The molecule has 3 unspecified atom stereocenters. The predicted octanol–water partition coefficient (Wildman–Crippen LogP) is -2.23. The Morgan fingerprint density at radius 2 is 1.47 bits per heavy atom. The van der Waals surface area contributed by atoms with Gasteiger partial charge in [-0.05, 0) is 30.5 Å². The van der Waals surface area contributed by atoms with Gasteiger partial charge in [0, 0.05) is 6.42 Å². The van der Waals surface area contributed by atoms with Gasteiger partial charge in [0.15, 0.2) is 0 Å². The molecule has 34 heavy (non-hydrogen) atoms. The Morgan fingerprint density at radius 3 is 2.00 bits per heavy atom. The third kappa shape index (κ3) is 10.4. The smallest absolute Gasteiger partial charge is 0.326 e. The van der Waals surface area contributed by atoms with Crippen molar-refractivity contribution < 1.29 is 49.2 Å². The fourth-order valence-corrected chi connectivity index (χ4v) is 2.70. The Kier molecular flexibility index (Phi) is 10.9. The zero-order chi connectivity index (χ0) is 25.8. The lowest BCUT2D eigenvalue weighted by atomic mass is 10.0. The first-order valence-electron chi connectivity index (χ1n) is 9.96. The molecule has 0 spiro atoms. The standard InChI is InChI=1S/C20H26N4O10/c21-12(7-10-1-3-11(25)4-2-10)18(31)24-13(5-6-16(27)28)19(32)22-9-15(26)23-14(20(33)34)8-17(29)30/h1-4,12-14,25H,5-9,21H2,(H,22,32)(H,23,26)(H,24,31)(H,27,28)(H,29,30)(H,33,34). The Bertz CT molecular complexity index is 918. The summed E-state index contributed by atoms with van der Waals surface area (Å²) in [6, 6.07) is 1.70. The van der Waals surface area contributed by atoms with E-state index in [2.05, 4.69) is 10.6 Å². The van der Waals surface area contributed by atoms with Gasteiger partial charge in [0.1, 0.15) is 17.8 Å². The number of hydrogen-bond acceptors (Lipinski definition) is 8. The molecule has 0 bridgehead atoms. The van der Waals surface area contributed by atoms with Crippen molar-refractivity contribution in [2.45, 2.75) is 43.8 Å². The second-order valence-electron chi connectivity index (χ2n) is 7.24.